The van der Waals surface area contributed by atoms with Gasteiger partial charge in [-0.25, -0.2) is 8.42 Å². The molecule has 2 N–H and O–H groups in total. The second-order valence-corrected chi connectivity index (χ2v) is 7.38. The second kappa shape index (κ2) is 7.09. The maximum atomic E-state index is 12.2. The van der Waals surface area contributed by atoms with Gasteiger partial charge >= 0.3 is 0 Å². The monoisotopic (exact) mass is 296 g/mol. The predicted molar refractivity (Wildman–Crippen MR) is 83.2 cm³/mol. The number of sulfonamides is 1. The molecule has 1 fully saturated rings. The summed E-state index contributed by atoms with van der Waals surface area (Å²) in [7, 11) is -1.34. The van der Waals surface area contributed by atoms with Crippen molar-refractivity contribution >= 4 is 15.7 Å². The molecule has 5 heteroatoms. The van der Waals surface area contributed by atoms with Crippen LogP contribution in [0.4, 0.5) is 5.69 Å². The van der Waals surface area contributed by atoms with E-state index in [1.165, 1.54) is 19.3 Å². The average molecular weight is 296 g/mol. The quantitative estimate of drug-likeness (QED) is 0.848. The second-order valence-electron chi connectivity index (χ2n) is 5.61. The predicted octanol–water partition coefficient (Wildman–Crippen LogP) is 2.73. The number of nitrogens with one attached hydrogen (secondary N) is 2. The Labute approximate surface area is 122 Å². The fraction of sp³-hybridized carbons (Fsp3) is 0.600. The van der Waals surface area contributed by atoms with Crippen molar-refractivity contribution in [3.8, 4) is 0 Å². The maximum Gasteiger partial charge on any atom is 0.232 e. The molecule has 0 aromatic heterocycles. The van der Waals surface area contributed by atoms with E-state index in [9.17, 15) is 8.42 Å². The Morgan fingerprint density at radius 1 is 1.10 bits per heavy atom. The summed E-state index contributed by atoms with van der Waals surface area (Å²) >= 11 is 0. The normalized spacial score (nSPS) is 17.1. The van der Waals surface area contributed by atoms with Crippen LogP contribution in [0.2, 0.25) is 0 Å². The van der Waals surface area contributed by atoms with Crippen LogP contribution in [0, 0.1) is 5.92 Å². The van der Waals surface area contributed by atoms with Crippen molar-refractivity contribution in [1.29, 1.82) is 0 Å². The highest BCUT2D eigenvalue weighted by Crippen LogP contribution is 2.25. The summed E-state index contributed by atoms with van der Waals surface area (Å²) in [5, 5.41) is 3.07. The van der Waals surface area contributed by atoms with Crippen molar-refractivity contribution < 1.29 is 8.42 Å². The molecule has 1 aliphatic carbocycles. The van der Waals surface area contributed by atoms with E-state index in [0.717, 1.165) is 24.9 Å². The highest BCUT2D eigenvalue weighted by molar-refractivity contribution is 7.92. The van der Waals surface area contributed by atoms with E-state index in [2.05, 4.69) is 10.0 Å². The molecule has 0 unspecified atom stereocenters. The van der Waals surface area contributed by atoms with Gasteiger partial charge in [-0.05, 0) is 43.5 Å². The number of anilines is 1. The van der Waals surface area contributed by atoms with Crippen LogP contribution < -0.4 is 10.0 Å². The summed E-state index contributed by atoms with van der Waals surface area (Å²) in [6.45, 7) is 0.787. The van der Waals surface area contributed by atoms with Crippen LogP contribution in [0.5, 0.6) is 0 Å². The van der Waals surface area contributed by atoms with Gasteiger partial charge in [-0.1, -0.05) is 31.4 Å². The third-order valence-corrected chi connectivity index (χ3v) is 5.24. The van der Waals surface area contributed by atoms with Crippen LogP contribution in [0.3, 0.4) is 0 Å². The number of hydrogen-bond acceptors (Lipinski definition) is 3. The van der Waals surface area contributed by atoms with Gasteiger partial charge in [-0.15, -0.1) is 0 Å². The molecule has 0 aliphatic heterocycles. The zero-order valence-electron chi connectivity index (χ0n) is 12.1. The van der Waals surface area contributed by atoms with Crippen molar-refractivity contribution in [2.75, 3.05) is 17.5 Å². The zero-order valence-corrected chi connectivity index (χ0v) is 12.9. The van der Waals surface area contributed by atoms with Gasteiger partial charge in [0.05, 0.1) is 5.75 Å². The third kappa shape index (κ3) is 4.80. The van der Waals surface area contributed by atoms with Crippen LogP contribution in [-0.2, 0) is 16.6 Å². The van der Waals surface area contributed by atoms with Crippen molar-refractivity contribution in [1.82, 2.24) is 5.32 Å². The molecule has 1 aromatic carbocycles. The summed E-state index contributed by atoms with van der Waals surface area (Å²) in [5.41, 5.74) is 1.79. The molecule has 0 atom stereocenters. The number of rotatable bonds is 6. The Kier molecular flexibility index (Phi) is 5.43. The minimum Gasteiger partial charge on any atom is -0.316 e. The van der Waals surface area contributed by atoms with E-state index in [-0.39, 0.29) is 5.75 Å². The van der Waals surface area contributed by atoms with Gasteiger partial charge in [0.2, 0.25) is 10.0 Å². The van der Waals surface area contributed by atoms with Gasteiger partial charge in [0.15, 0.2) is 0 Å². The standard InChI is InChI=1S/C15H24N2O2S/c1-16-11-13-7-9-15(10-8-13)17-20(18,19)12-14-5-3-2-4-6-14/h7-10,14,16-17H,2-6,11-12H2,1H3. The van der Waals surface area contributed by atoms with E-state index in [4.69, 9.17) is 0 Å². The third-order valence-electron chi connectivity index (χ3n) is 3.79. The van der Waals surface area contributed by atoms with Crippen LogP contribution in [0.15, 0.2) is 24.3 Å². The van der Waals surface area contributed by atoms with Crippen molar-refractivity contribution in [3.63, 3.8) is 0 Å². The molecule has 0 saturated heterocycles. The molecule has 0 bridgehead atoms. The lowest BCUT2D eigenvalue weighted by atomic mass is 9.91. The van der Waals surface area contributed by atoms with E-state index in [1.54, 1.807) is 0 Å². The largest absolute Gasteiger partial charge is 0.316 e. The van der Waals surface area contributed by atoms with Crippen LogP contribution >= 0.6 is 0 Å². The van der Waals surface area contributed by atoms with E-state index in [1.807, 2.05) is 31.3 Å². The summed E-state index contributed by atoms with van der Waals surface area (Å²) in [4.78, 5) is 0. The minimum absolute atomic E-state index is 0.255. The van der Waals surface area contributed by atoms with Crippen molar-refractivity contribution in [2.45, 2.75) is 38.6 Å². The molecule has 0 radical (unpaired) electrons. The first kappa shape index (κ1) is 15.3. The van der Waals surface area contributed by atoms with Crippen LogP contribution in [-0.4, -0.2) is 21.2 Å². The Morgan fingerprint density at radius 3 is 2.35 bits per heavy atom. The lowest BCUT2D eigenvalue weighted by molar-refractivity contribution is 0.385. The summed E-state index contributed by atoms with van der Waals surface area (Å²) in [6, 6.07) is 7.53. The van der Waals surface area contributed by atoms with E-state index < -0.39 is 10.0 Å². The Hall–Kier alpha value is -1.07. The van der Waals surface area contributed by atoms with E-state index in [0.29, 0.717) is 11.6 Å². The molecular formula is C15H24N2O2S. The number of hydrogen-bond donors (Lipinski definition) is 2. The Balaban J connectivity index is 1.93. The molecule has 2 rings (SSSR count). The van der Waals surface area contributed by atoms with Gasteiger partial charge in [-0.3, -0.25) is 4.72 Å². The lowest BCUT2D eigenvalue weighted by Crippen LogP contribution is -2.24. The number of benzene rings is 1. The molecule has 1 aliphatic rings. The zero-order chi connectivity index (χ0) is 14.4. The lowest BCUT2D eigenvalue weighted by Gasteiger charge is -2.21. The molecule has 1 aromatic rings. The summed E-state index contributed by atoms with van der Waals surface area (Å²) < 4.78 is 27.0. The van der Waals surface area contributed by atoms with Gasteiger partial charge in [0.25, 0.3) is 0 Å². The first-order valence-corrected chi connectivity index (χ1v) is 8.98. The molecule has 0 amide bonds. The average Bonchev–Trinajstić information content (AvgIpc) is 2.41. The SMILES string of the molecule is CNCc1ccc(NS(=O)(=O)CC2CCCCC2)cc1. The van der Waals surface area contributed by atoms with E-state index >= 15 is 0 Å². The van der Waals surface area contributed by atoms with Crippen molar-refractivity contribution in [3.05, 3.63) is 29.8 Å². The first-order chi connectivity index (χ1) is 9.59. The fourth-order valence-electron chi connectivity index (χ4n) is 2.78. The van der Waals surface area contributed by atoms with Gasteiger partial charge in [0.1, 0.15) is 0 Å². The Bertz CT molecular complexity index is 505. The topological polar surface area (TPSA) is 58.2 Å². The highest BCUT2D eigenvalue weighted by atomic mass is 32.2. The summed E-state index contributed by atoms with van der Waals surface area (Å²) in [6.07, 6.45) is 5.67. The molecule has 4 nitrogen and oxygen atoms in total. The van der Waals surface area contributed by atoms with Crippen molar-refractivity contribution in [2.24, 2.45) is 5.92 Å². The first-order valence-electron chi connectivity index (χ1n) is 7.33. The van der Waals surface area contributed by atoms with Gasteiger partial charge in [-0.2, -0.15) is 0 Å². The smallest absolute Gasteiger partial charge is 0.232 e. The van der Waals surface area contributed by atoms with Crippen LogP contribution in [0.1, 0.15) is 37.7 Å². The fourth-order valence-corrected chi connectivity index (χ4v) is 4.31. The van der Waals surface area contributed by atoms with Gasteiger partial charge < -0.3 is 5.32 Å². The highest BCUT2D eigenvalue weighted by Gasteiger charge is 2.21. The van der Waals surface area contributed by atoms with Gasteiger partial charge in [0, 0.05) is 12.2 Å². The molecular weight excluding hydrogens is 272 g/mol. The Morgan fingerprint density at radius 2 is 1.75 bits per heavy atom. The minimum atomic E-state index is -3.23. The molecule has 20 heavy (non-hydrogen) atoms. The molecule has 0 heterocycles. The maximum absolute atomic E-state index is 12.2. The molecule has 112 valence electrons. The molecule has 0 spiro atoms. The summed E-state index contributed by atoms with van der Waals surface area (Å²) in [5.74, 6) is 0.579. The molecule has 1 saturated carbocycles. The van der Waals surface area contributed by atoms with Crippen LogP contribution in [0.25, 0.3) is 0 Å².